The third kappa shape index (κ3) is 2.07. The molecule has 3 N–H and O–H groups in total. The number of benzene rings is 1. The van der Waals surface area contributed by atoms with Crippen LogP contribution in [0.25, 0.3) is 10.9 Å². The van der Waals surface area contributed by atoms with Crippen LogP contribution >= 0.6 is 11.6 Å². The van der Waals surface area contributed by atoms with Crippen molar-refractivity contribution in [2.75, 3.05) is 6.54 Å². The molecule has 4 heteroatoms. The van der Waals surface area contributed by atoms with Gasteiger partial charge < -0.3 is 15.4 Å². The van der Waals surface area contributed by atoms with Crippen LogP contribution < -0.4 is 5.73 Å². The average Bonchev–Trinajstić information content (AvgIpc) is 2.55. The molecule has 0 fully saturated rings. The lowest BCUT2D eigenvalue weighted by molar-refractivity contribution is 0.183. The number of hydrogen-bond donors (Lipinski definition) is 2. The minimum atomic E-state index is -0.485. The Morgan fingerprint density at radius 3 is 2.94 bits per heavy atom. The number of nitrogens with zero attached hydrogens (tertiary/aromatic N) is 1. The molecule has 1 aromatic heterocycles. The topological polar surface area (TPSA) is 51.2 Å². The summed E-state index contributed by atoms with van der Waals surface area (Å²) < 4.78 is 2.01. The Hall–Kier alpha value is -1.03. The van der Waals surface area contributed by atoms with Crippen molar-refractivity contribution < 1.29 is 5.11 Å². The largest absolute Gasteiger partial charge is 0.391 e. The van der Waals surface area contributed by atoms with Crippen molar-refractivity contribution in [1.29, 1.82) is 0 Å². The fourth-order valence-corrected chi connectivity index (χ4v) is 2.11. The van der Waals surface area contributed by atoms with E-state index in [9.17, 15) is 5.11 Å². The van der Waals surface area contributed by atoms with E-state index in [2.05, 4.69) is 0 Å². The standard InChI is InChI=1S/C12H15ClN2O/c1-15-7-8(4-10(16)6-14)11-3-2-9(13)5-12(11)15/h2-3,5,7,10,16H,4,6,14H2,1H3. The fraction of sp³-hybridized carbons (Fsp3) is 0.333. The Bertz CT molecular complexity index is 507. The van der Waals surface area contributed by atoms with Crippen LogP contribution in [0.4, 0.5) is 0 Å². The summed E-state index contributed by atoms with van der Waals surface area (Å²) in [5, 5.41) is 11.4. The monoisotopic (exact) mass is 238 g/mol. The zero-order valence-electron chi connectivity index (χ0n) is 9.15. The molecule has 1 heterocycles. The summed E-state index contributed by atoms with van der Waals surface area (Å²) in [7, 11) is 1.97. The summed E-state index contributed by atoms with van der Waals surface area (Å²) >= 11 is 5.95. The van der Waals surface area contributed by atoms with Gasteiger partial charge in [-0.2, -0.15) is 0 Å². The molecule has 1 atom stereocenters. The maximum Gasteiger partial charge on any atom is 0.0703 e. The van der Waals surface area contributed by atoms with Gasteiger partial charge in [0.25, 0.3) is 0 Å². The third-order valence-corrected chi connectivity index (χ3v) is 3.00. The second-order valence-corrected chi connectivity index (χ2v) is 4.46. The zero-order chi connectivity index (χ0) is 11.7. The summed E-state index contributed by atoms with van der Waals surface area (Å²) in [5.41, 5.74) is 7.60. The summed E-state index contributed by atoms with van der Waals surface area (Å²) in [5.74, 6) is 0. The second kappa shape index (κ2) is 4.45. The van der Waals surface area contributed by atoms with E-state index >= 15 is 0 Å². The highest BCUT2D eigenvalue weighted by Gasteiger charge is 2.10. The highest BCUT2D eigenvalue weighted by Crippen LogP contribution is 2.24. The predicted molar refractivity (Wildman–Crippen MR) is 66.7 cm³/mol. The predicted octanol–water partition coefficient (Wildman–Crippen LogP) is 1.69. The molecule has 3 nitrogen and oxygen atoms in total. The Kier molecular flexibility index (Phi) is 3.19. The van der Waals surface area contributed by atoms with Crippen molar-refractivity contribution >= 4 is 22.5 Å². The number of nitrogens with two attached hydrogens (primary N) is 1. The molecule has 0 spiro atoms. The van der Waals surface area contributed by atoms with Crippen molar-refractivity contribution in [2.45, 2.75) is 12.5 Å². The number of halogens is 1. The van der Waals surface area contributed by atoms with Crippen LogP contribution in [-0.4, -0.2) is 22.3 Å². The molecule has 0 radical (unpaired) electrons. The van der Waals surface area contributed by atoms with Crippen LogP contribution in [0.5, 0.6) is 0 Å². The molecule has 0 saturated carbocycles. The number of aliphatic hydroxyl groups excluding tert-OH is 1. The Balaban J connectivity index is 2.47. The number of aliphatic hydroxyl groups is 1. The van der Waals surface area contributed by atoms with Gasteiger partial charge in [-0.15, -0.1) is 0 Å². The van der Waals surface area contributed by atoms with E-state index in [-0.39, 0.29) is 6.54 Å². The van der Waals surface area contributed by atoms with Crippen LogP contribution in [0, 0.1) is 0 Å². The van der Waals surface area contributed by atoms with Crippen molar-refractivity contribution in [3.63, 3.8) is 0 Å². The van der Waals surface area contributed by atoms with E-state index in [0.717, 1.165) is 21.5 Å². The van der Waals surface area contributed by atoms with Gasteiger partial charge in [0.2, 0.25) is 0 Å². The summed E-state index contributed by atoms with van der Waals surface area (Å²) in [6.45, 7) is 0.282. The van der Waals surface area contributed by atoms with Crippen molar-refractivity contribution in [2.24, 2.45) is 12.8 Å². The van der Waals surface area contributed by atoms with E-state index in [1.807, 2.05) is 36.0 Å². The van der Waals surface area contributed by atoms with E-state index in [1.165, 1.54) is 0 Å². The first-order chi connectivity index (χ1) is 7.61. The van der Waals surface area contributed by atoms with E-state index in [4.69, 9.17) is 17.3 Å². The second-order valence-electron chi connectivity index (χ2n) is 4.02. The number of aryl methyl sites for hydroxylation is 1. The molecule has 16 heavy (non-hydrogen) atoms. The number of aromatic nitrogens is 1. The zero-order valence-corrected chi connectivity index (χ0v) is 9.91. The molecule has 0 saturated heterocycles. The average molecular weight is 239 g/mol. The SMILES string of the molecule is Cn1cc(CC(O)CN)c2ccc(Cl)cc21. The first-order valence-electron chi connectivity index (χ1n) is 5.23. The van der Waals surface area contributed by atoms with Crippen molar-refractivity contribution in [1.82, 2.24) is 4.57 Å². The summed E-state index contributed by atoms with van der Waals surface area (Å²) in [6, 6.07) is 5.77. The van der Waals surface area contributed by atoms with Gasteiger partial charge in [0.05, 0.1) is 6.10 Å². The number of fused-ring (bicyclic) bond motifs is 1. The molecule has 0 aliphatic rings. The smallest absolute Gasteiger partial charge is 0.0703 e. The molecule has 2 rings (SSSR count). The van der Waals surface area contributed by atoms with Gasteiger partial charge in [-0.1, -0.05) is 17.7 Å². The molecule has 0 aliphatic heterocycles. The fourth-order valence-electron chi connectivity index (χ4n) is 1.94. The van der Waals surface area contributed by atoms with Gasteiger partial charge >= 0.3 is 0 Å². The molecule has 1 aromatic carbocycles. The van der Waals surface area contributed by atoms with Crippen LogP contribution in [0.3, 0.4) is 0 Å². The van der Waals surface area contributed by atoms with Gasteiger partial charge in [0.1, 0.15) is 0 Å². The molecule has 0 aliphatic carbocycles. The van der Waals surface area contributed by atoms with E-state index in [0.29, 0.717) is 6.42 Å². The first-order valence-corrected chi connectivity index (χ1v) is 5.61. The van der Waals surface area contributed by atoms with Crippen LogP contribution in [0.15, 0.2) is 24.4 Å². The minimum Gasteiger partial charge on any atom is -0.391 e. The quantitative estimate of drug-likeness (QED) is 0.855. The maximum atomic E-state index is 9.57. The Morgan fingerprint density at radius 2 is 2.25 bits per heavy atom. The van der Waals surface area contributed by atoms with Gasteiger partial charge in [-0.25, -0.2) is 0 Å². The van der Waals surface area contributed by atoms with Crippen molar-refractivity contribution in [3.05, 3.63) is 35.0 Å². The van der Waals surface area contributed by atoms with E-state index < -0.39 is 6.10 Å². The van der Waals surface area contributed by atoms with E-state index in [1.54, 1.807) is 0 Å². The third-order valence-electron chi connectivity index (χ3n) is 2.76. The van der Waals surface area contributed by atoms with Crippen LogP contribution in [0.2, 0.25) is 5.02 Å². The lowest BCUT2D eigenvalue weighted by Crippen LogP contribution is -2.21. The number of hydrogen-bond acceptors (Lipinski definition) is 2. The van der Waals surface area contributed by atoms with Gasteiger partial charge in [0.15, 0.2) is 0 Å². The normalized spacial score (nSPS) is 13.2. The molecular formula is C12H15ClN2O. The Morgan fingerprint density at radius 1 is 1.50 bits per heavy atom. The molecule has 1 unspecified atom stereocenters. The number of rotatable bonds is 3. The van der Waals surface area contributed by atoms with Crippen LogP contribution in [0.1, 0.15) is 5.56 Å². The Labute approximate surface area is 99.4 Å². The molecule has 0 amide bonds. The first kappa shape index (κ1) is 11.5. The lowest BCUT2D eigenvalue weighted by Gasteiger charge is -2.05. The maximum absolute atomic E-state index is 9.57. The molecule has 86 valence electrons. The molecule has 0 bridgehead atoms. The van der Waals surface area contributed by atoms with Gasteiger partial charge in [-0.3, -0.25) is 0 Å². The van der Waals surface area contributed by atoms with Gasteiger partial charge in [-0.05, 0) is 17.7 Å². The minimum absolute atomic E-state index is 0.282. The van der Waals surface area contributed by atoms with Crippen molar-refractivity contribution in [3.8, 4) is 0 Å². The molecule has 2 aromatic rings. The molecular weight excluding hydrogens is 224 g/mol. The van der Waals surface area contributed by atoms with Crippen LogP contribution in [-0.2, 0) is 13.5 Å². The van der Waals surface area contributed by atoms with Gasteiger partial charge in [0, 0.05) is 42.1 Å². The highest BCUT2D eigenvalue weighted by atomic mass is 35.5. The lowest BCUT2D eigenvalue weighted by atomic mass is 10.1. The highest BCUT2D eigenvalue weighted by molar-refractivity contribution is 6.31. The summed E-state index contributed by atoms with van der Waals surface area (Å²) in [4.78, 5) is 0. The summed E-state index contributed by atoms with van der Waals surface area (Å²) in [6.07, 6.45) is 2.11.